The van der Waals surface area contributed by atoms with E-state index in [0.29, 0.717) is 0 Å². The van der Waals surface area contributed by atoms with E-state index in [1.165, 1.54) is 23.7 Å². The quantitative estimate of drug-likeness (QED) is 0.630. The monoisotopic (exact) mass is 234 g/mol. The van der Waals surface area contributed by atoms with Gasteiger partial charge in [0.15, 0.2) is 0 Å². The molecule has 4 fully saturated rings. The molecule has 2 N–H and O–H groups in total. The Hall–Kier alpha value is -0.130. The van der Waals surface area contributed by atoms with Gasteiger partial charge in [-0.15, -0.1) is 0 Å². The summed E-state index contributed by atoms with van der Waals surface area (Å²) in [5.74, 6) is 4.71. The van der Waals surface area contributed by atoms with Crippen LogP contribution < -0.4 is 0 Å². The highest BCUT2D eigenvalue weighted by Gasteiger charge is 2.41. The van der Waals surface area contributed by atoms with Crippen LogP contribution in [0.2, 0.25) is 0 Å². The van der Waals surface area contributed by atoms with Crippen LogP contribution in [0.4, 0.5) is 0 Å². The van der Waals surface area contributed by atoms with E-state index in [4.69, 9.17) is 17.5 Å². The minimum Gasteiger partial charge on any atom is -0.264 e. The van der Waals surface area contributed by atoms with Crippen molar-refractivity contribution in [3.8, 4) is 0 Å². The molecule has 4 aliphatic rings. The highest BCUT2D eigenvalue weighted by atomic mass is 32.3. The smallest absolute Gasteiger partial charge is 0.264 e. The van der Waals surface area contributed by atoms with E-state index in [2.05, 4.69) is 0 Å². The predicted octanol–water partition coefficient (Wildman–Crippen LogP) is 2.18. The van der Waals surface area contributed by atoms with Gasteiger partial charge in [-0.2, -0.15) is 8.42 Å². The van der Waals surface area contributed by atoms with E-state index in [-0.39, 0.29) is 0 Å². The molecule has 0 aromatic rings. The van der Waals surface area contributed by atoms with E-state index in [1.54, 1.807) is 38.5 Å². The van der Waals surface area contributed by atoms with Gasteiger partial charge in [-0.05, 0) is 62.2 Å². The largest absolute Gasteiger partial charge is 0.394 e. The highest BCUT2D eigenvalue weighted by molar-refractivity contribution is 7.79. The van der Waals surface area contributed by atoms with Crippen LogP contribution in [0.15, 0.2) is 0 Å². The van der Waals surface area contributed by atoms with E-state index in [9.17, 15) is 0 Å². The molecule has 0 spiro atoms. The summed E-state index contributed by atoms with van der Waals surface area (Å²) in [5, 5.41) is 0. The molecule has 0 aliphatic heterocycles. The summed E-state index contributed by atoms with van der Waals surface area (Å²) in [7, 11) is -4.67. The second-order valence-corrected chi connectivity index (χ2v) is 6.22. The molecule has 4 nitrogen and oxygen atoms in total. The number of rotatable bonds is 0. The fourth-order valence-corrected chi connectivity index (χ4v) is 3.98. The molecule has 4 saturated carbocycles. The molecule has 4 rings (SSSR count). The van der Waals surface area contributed by atoms with Crippen LogP contribution in [0.5, 0.6) is 0 Å². The molecule has 0 atom stereocenters. The van der Waals surface area contributed by atoms with Gasteiger partial charge in [-0.3, -0.25) is 9.11 Å². The summed E-state index contributed by atoms with van der Waals surface area (Å²) in [6, 6.07) is 0. The zero-order valence-electron chi connectivity index (χ0n) is 8.67. The Labute approximate surface area is 90.6 Å². The molecule has 15 heavy (non-hydrogen) atoms. The molecule has 0 radical (unpaired) electrons. The Kier molecular flexibility index (Phi) is 3.05. The molecule has 5 heteroatoms. The average Bonchev–Trinajstić information content (AvgIpc) is 1.96. The maximum atomic E-state index is 8.74. The summed E-state index contributed by atoms with van der Waals surface area (Å²) < 4.78 is 31.6. The SMILES string of the molecule is C1C2CC3CC1CC(C2)C3.O=S(=O)(O)O. The van der Waals surface area contributed by atoms with Gasteiger partial charge in [-0.25, -0.2) is 0 Å². The molecule has 4 bridgehead atoms. The first-order chi connectivity index (χ1) is 6.90. The van der Waals surface area contributed by atoms with Crippen LogP contribution in [0.3, 0.4) is 0 Å². The lowest BCUT2D eigenvalue weighted by Crippen LogP contribution is -2.38. The van der Waals surface area contributed by atoms with Crippen LogP contribution in [0, 0.1) is 23.7 Å². The van der Waals surface area contributed by atoms with Crippen LogP contribution in [-0.2, 0) is 10.4 Å². The second-order valence-electron chi connectivity index (χ2n) is 5.33. The van der Waals surface area contributed by atoms with E-state index in [0.717, 1.165) is 0 Å². The minimum absolute atomic E-state index is 1.18. The normalized spacial score (nSPS) is 42.3. The van der Waals surface area contributed by atoms with Crippen molar-refractivity contribution in [2.75, 3.05) is 0 Å². The molecule has 0 unspecified atom stereocenters. The third kappa shape index (κ3) is 3.43. The highest BCUT2D eigenvalue weighted by Crippen LogP contribution is 2.53. The zero-order valence-corrected chi connectivity index (χ0v) is 9.49. The predicted molar refractivity (Wildman–Crippen MR) is 55.8 cm³/mol. The van der Waals surface area contributed by atoms with Crippen molar-refractivity contribution < 1.29 is 17.5 Å². The van der Waals surface area contributed by atoms with Gasteiger partial charge in [0.1, 0.15) is 0 Å². The van der Waals surface area contributed by atoms with Gasteiger partial charge in [0, 0.05) is 0 Å². The molecule has 0 saturated heterocycles. The van der Waals surface area contributed by atoms with Crippen molar-refractivity contribution in [3.63, 3.8) is 0 Å². The Morgan fingerprint density at radius 1 is 0.667 bits per heavy atom. The Morgan fingerprint density at radius 3 is 0.933 bits per heavy atom. The Morgan fingerprint density at radius 2 is 0.800 bits per heavy atom. The summed E-state index contributed by atoms with van der Waals surface area (Å²) in [4.78, 5) is 0. The minimum atomic E-state index is -4.67. The summed E-state index contributed by atoms with van der Waals surface area (Å²) in [6.45, 7) is 0. The zero-order chi connectivity index (χ0) is 11.1. The Bertz CT molecular complexity index is 258. The molecule has 0 aromatic heterocycles. The first-order valence-electron chi connectivity index (χ1n) is 5.60. The summed E-state index contributed by atoms with van der Waals surface area (Å²) in [6.07, 6.45) is 9.62. The van der Waals surface area contributed by atoms with Crippen molar-refractivity contribution in [2.45, 2.75) is 38.5 Å². The lowest BCUT2D eigenvalue weighted by molar-refractivity contribution is 0.0198. The van der Waals surface area contributed by atoms with Gasteiger partial charge in [0.05, 0.1) is 0 Å². The van der Waals surface area contributed by atoms with Crippen molar-refractivity contribution in [3.05, 3.63) is 0 Å². The van der Waals surface area contributed by atoms with Crippen LogP contribution in [-0.4, -0.2) is 17.5 Å². The molecule has 0 heterocycles. The van der Waals surface area contributed by atoms with E-state index in [1.807, 2.05) is 0 Å². The lowest BCUT2D eigenvalue weighted by atomic mass is 9.56. The first-order valence-corrected chi connectivity index (χ1v) is 6.99. The van der Waals surface area contributed by atoms with E-state index >= 15 is 0 Å². The Balaban J connectivity index is 0.000000149. The summed E-state index contributed by atoms with van der Waals surface area (Å²) in [5.41, 5.74) is 0. The molecule has 4 aliphatic carbocycles. The van der Waals surface area contributed by atoms with Crippen molar-refractivity contribution >= 4 is 10.4 Å². The maximum Gasteiger partial charge on any atom is 0.394 e. The first kappa shape index (κ1) is 11.4. The average molecular weight is 234 g/mol. The molecular formula is C10H18O4S. The molecule has 0 aromatic carbocycles. The van der Waals surface area contributed by atoms with Gasteiger partial charge in [0.2, 0.25) is 0 Å². The second kappa shape index (κ2) is 4.03. The third-order valence-electron chi connectivity index (χ3n) is 4.00. The van der Waals surface area contributed by atoms with Gasteiger partial charge in [0.25, 0.3) is 0 Å². The van der Waals surface area contributed by atoms with Gasteiger partial charge in [-0.1, -0.05) is 0 Å². The molecule has 88 valence electrons. The number of hydrogen-bond acceptors (Lipinski definition) is 2. The van der Waals surface area contributed by atoms with Crippen LogP contribution in [0.1, 0.15) is 38.5 Å². The maximum absolute atomic E-state index is 8.74. The fourth-order valence-electron chi connectivity index (χ4n) is 3.98. The van der Waals surface area contributed by atoms with Crippen molar-refractivity contribution in [2.24, 2.45) is 23.7 Å². The van der Waals surface area contributed by atoms with E-state index < -0.39 is 10.4 Å². The third-order valence-corrected chi connectivity index (χ3v) is 4.00. The van der Waals surface area contributed by atoms with Gasteiger partial charge < -0.3 is 0 Å². The number of hydrogen-bond donors (Lipinski definition) is 2. The fraction of sp³-hybridized carbons (Fsp3) is 1.00. The molecular weight excluding hydrogens is 216 g/mol. The van der Waals surface area contributed by atoms with Gasteiger partial charge >= 0.3 is 10.4 Å². The van der Waals surface area contributed by atoms with Crippen molar-refractivity contribution in [1.82, 2.24) is 0 Å². The van der Waals surface area contributed by atoms with Crippen molar-refractivity contribution in [1.29, 1.82) is 0 Å². The van der Waals surface area contributed by atoms with Crippen LogP contribution >= 0.6 is 0 Å². The lowest BCUT2D eigenvalue weighted by Gasteiger charge is -2.49. The topological polar surface area (TPSA) is 74.6 Å². The molecule has 0 amide bonds. The standard InChI is InChI=1S/C10H16.H2O4S/c1-7-2-9-4-8(1)5-10(3-7)6-9;1-5(2,3)4/h7-10H,1-6H2;(H2,1,2,3,4). The van der Waals surface area contributed by atoms with Crippen LogP contribution in [0.25, 0.3) is 0 Å². The summed E-state index contributed by atoms with van der Waals surface area (Å²) >= 11 is 0.